The van der Waals surface area contributed by atoms with Crippen molar-refractivity contribution in [1.82, 2.24) is 9.88 Å². The van der Waals surface area contributed by atoms with Gasteiger partial charge < -0.3 is 14.1 Å². The Hall–Kier alpha value is -2.26. The van der Waals surface area contributed by atoms with Gasteiger partial charge in [-0.05, 0) is 18.2 Å². The molecule has 2 aromatic heterocycles. The number of carbonyl (C=O) groups is 1. The molecule has 146 valence electrons. The van der Waals surface area contributed by atoms with Crippen LogP contribution in [0.15, 0.2) is 28.8 Å². The van der Waals surface area contributed by atoms with Crippen molar-refractivity contribution < 1.29 is 27.1 Å². The number of ether oxygens (including phenoxy) is 1. The predicted molar refractivity (Wildman–Crippen MR) is 91.8 cm³/mol. The second kappa shape index (κ2) is 7.77. The third kappa shape index (κ3) is 4.54. The molecule has 0 atom stereocenters. The Bertz CT molecular complexity index is 817. The zero-order chi connectivity index (χ0) is 19.6. The lowest BCUT2D eigenvalue weighted by atomic mass is 10.2. The topological polar surface area (TPSA) is 58.8 Å². The maximum absolute atomic E-state index is 12.7. The van der Waals surface area contributed by atoms with E-state index in [0.717, 1.165) is 12.3 Å². The van der Waals surface area contributed by atoms with Crippen LogP contribution in [-0.2, 0) is 17.5 Å². The Kier molecular flexibility index (Phi) is 5.61. The average molecular weight is 404 g/mol. The van der Waals surface area contributed by atoms with E-state index < -0.39 is 17.7 Å². The number of alkyl halides is 3. The lowest BCUT2D eigenvalue weighted by molar-refractivity contribution is -0.137. The summed E-state index contributed by atoms with van der Waals surface area (Å²) < 4.78 is 48.2. The summed E-state index contributed by atoms with van der Waals surface area (Å²) in [6.45, 7) is 2.92. The van der Waals surface area contributed by atoms with Gasteiger partial charge in [0.15, 0.2) is 0 Å². The van der Waals surface area contributed by atoms with Gasteiger partial charge in [0.1, 0.15) is 11.6 Å². The highest BCUT2D eigenvalue weighted by Crippen LogP contribution is 2.33. The summed E-state index contributed by atoms with van der Waals surface area (Å²) in [7, 11) is 1.28. The summed E-state index contributed by atoms with van der Waals surface area (Å²) in [5, 5.41) is -0.0213. The summed E-state index contributed by atoms with van der Waals surface area (Å²) in [6, 6.07) is 4.17. The maximum Gasteiger partial charge on any atom is 0.417 e. The van der Waals surface area contributed by atoms with Crippen molar-refractivity contribution in [2.75, 3.05) is 38.2 Å². The van der Waals surface area contributed by atoms with E-state index in [-0.39, 0.29) is 10.8 Å². The van der Waals surface area contributed by atoms with Crippen LogP contribution in [0, 0.1) is 0 Å². The Morgan fingerprint density at radius 1 is 1.30 bits per heavy atom. The second-order valence-electron chi connectivity index (χ2n) is 6.05. The van der Waals surface area contributed by atoms with Gasteiger partial charge in [-0.15, -0.1) is 0 Å². The van der Waals surface area contributed by atoms with Crippen LogP contribution in [0.3, 0.4) is 0 Å². The number of pyridine rings is 1. The van der Waals surface area contributed by atoms with Crippen LogP contribution >= 0.6 is 11.6 Å². The molecule has 0 aliphatic carbocycles. The molecule has 0 amide bonds. The number of furan rings is 1. The first-order valence-electron chi connectivity index (χ1n) is 8.15. The first-order chi connectivity index (χ1) is 12.8. The minimum atomic E-state index is -4.47. The SMILES string of the molecule is COC(=O)c1ccc(CN2CCN(c3ncc(C(F)(F)F)cc3Cl)CC2)o1. The first kappa shape index (κ1) is 19.5. The molecular weight excluding hydrogens is 387 g/mol. The monoisotopic (exact) mass is 403 g/mol. The fourth-order valence-corrected chi connectivity index (χ4v) is 3.12. The number of methoxy groups -OCH3 is 1. The van der Waals surface area contributed by atoms with E-state index in [0.29, 0.717) is 44.3 Å². The number of anilines is 1. The van der Waals surface area contributed by atoms with Gasteiger partial charge >= 0.3 is 12.1 Å². The van der Waals surface area contributed by atoms with Crippen molar-refractivity contribution in [1.29, 1.82) is 0 Å². The fraction of sp³-hybridized carbons (Fsp3) is 0.412. The number of aromatic nitrogens is 1. The van der Waals surface area contributed by atoms with E-state index in [1.807, 2.05) is 4.90 Å². The van der Waals surface area contributed by atoms with Gasteiger partial charge in [-0.1, -0.05) is 11.6 Å². The average Bonchev–Trinajstić information content (AvgIpc) is 3.09. The first-order valence-corrected chi connectivity index (χ1v) is 8.53. The van der Waals surface area contributed by atoms with Crippen molar-refractivity contribution in [3.05, 3.63) is 46.5 Å². The predicted octanol–water partition coefficient (Wildman–Crippen LogP) is 3.46. The molecule has 2 aromatic rings. The molecule has 1 aliphatic rings. The van der Waals surface area contributed by atoms with Crippen molar-refractivity contribution in [2.24, 2.45) is 0 Å². The van der Waals surface area contributed by atoms with Crippen LogP contribution in [-0.4, -0.2) is 49.1 Å². The molecule has 1 fully saturated rings. The van der Waals surface area contributed by atoms with E-state index in [1.54, 1.807) is 12.1 Å². The van der Waals surface area contributed by atoms with Crippen molar-refractivity contribution >= 4 is 23.4 Å². The fourth-order valence-electron chi connectivity index (χ4n) is 2.83. The molecule has 1 saturated heterocycles. The van der Waals surface area contributed by atoms with Crippen LogP contribution < -0.4 is 4.90 Å². The minimum absolute atomic E-state index is 0.0213. The lowest BCUT2D eigenvalue weighted by Crippen LogP contribution is -2.46. The number of halogens is 4. The molecule has 10 heteroatoms. The summed E-state index contributed by atoms with van der Waals surface area (Å²) in [6.07, 6.45) is -3.68. The largest absolute Gasteiger partial charge is 0.463 e. The number of nitrogens with zero attached hydrogens (tertiary/aromatic N) is 3. The van der Waals surface area contributed by atoms with Crippen molar-refractivity contribution in [3.8, 4) is 0 Å². The van der Waals surface area contributed by atoms with Gasteiger partial charge in [0.25, 0.3) is 0 Å². The lowest BCUT2D eigenvalue weighted by Gasteiger charge is -2.35. The highest BCUT2D eigenvalue weighted by molar-refractivity contribution is 6.33. The van der Waals surface area contributed by atoms with E-state index >= 15 is 0 Å². The van der Waals surface area contributed by atoms with E-state index in [1.165, 1.54) is 7.11 Å². The number of hydrogen-bond acceptors (Lipinski definition) is 6. The third-order valence-corrected chi connectivity index (χ3v) is 4.53. The molecule has 0 spiro atoms. The second-order valence-corrected chi connectivity index (χ2v) is 6.46. The molecule has 0 N–H and O–H groups in total. The van der Waals surface area contributed by atoms with E-state index in [2.05, 4.69) is 14.6 Å². The normalized spacial score (nSPS) is 15.8. The number of esters is 1. The Balaban J connectivity index is 1.59. The molecule has 0 radical (unpaired) electrons. The minimum Gasteiger partial charge on any atom is -0.463 e. The molecule has 6 nitrogen and oxygen atoms in total. The molecule has 0 bridgehead atoms. The number of hydrogen-bond donors (Lipinski definition) is 0. The maximum atomic E-state index is 12.7. The summed E-state index contributed by atoms with van der Waals surface area (Å²) >= 11 is 6.00. The highest BCUT2D eigenvalue weighted by Gasteiger charge is 2.32. The molecule has 3 rings (SSSR count). The molecular formula is C17H17ClF3N3O3. The number of rotatable bonds is 4. The third-order valence-electron chi connectivity index (χ3n) is 4.25. The van der Waals surface area contributed by atoms with Crippen LogP contribution in [0.4, 0.5) is 19.0 Å². The van der Waals surface area contributed by atoms with Gasteiger partial charge in [0.2, 0.25) is 5.76 Å². The zero-order valence-electron chi connectivity index (χ0n) is 14.4. The van der Waals surface area contributed by atoms with E-state index in [4.69, 9.17) is 16.0 Å². The van der Waals surface area contributed by atoms with Crippen LogP contribution in [0.1, 0.15) is 21.9 Å². The van der Waals surface area contributed by atoms with Crippen LogP contribution in [0.2, 0.25) is 5.02 Å². The number of carbonyl (C=O) groups excluding carboxylic acids is 1. The van der Waals surface area contributed by atoms with Crippen molar-refractivity contribution in [2.45, 2.75) is 12.7 Å². The van der Waals surface area contributed by atoms with Gasteiger partial charge in [-0.2, -0.15) is 13.2 Å². The molecule has 0 saturated carbocycles. The Morgan fingerprint density at radius 3 is 2.59 bits per heavy atom. The zero-order valence-corrected chi connectivity index (χ0v) is 15.2. The molecule has 3 heterocycles. The number of piperazine rings is 1. The summed E-state index contributed by atoms with van der Waals surface area (Å²) in [4.78, 5) is 19.3. The van der Waals surface area contributed by atoms with Gasteiger partial charge in [0, 0.05) is 32.4 Å². The van der Waals surface area contributed by atoms with Gasteiger partial charge in [-0.25, -0.2) is 9.78 Å². The summed E-state index contributed by atoms with van der Waals surface area (Å²) in [5.41, 5.74) is -0.867. The molecule has 27 heavy (non-hydrogen) atoms. The standard InChI is InChI=1S/C17H17ClF3N3O3/c1-26-16(25)14-3-2-12(27-14)10-23-4-6-24(7-5-23)15-13(18)8-11(9-22-15)17(19,20)21/h2-3,8-9H,4-7,10H2,1H3. The van der Waals surface area contributed by atoms with Crippen LogP contribution in [0.25, 0.3) is 0 Å². The summed E-state index contributed by atoms with van der Waals surface area (Å²) in [5.74, 6) is 0.589. The van der Waals surface area contributed by atoms with E-state index in [9.17, 15) is 18.0 Å². The van der Waals surface area contributed by atoms with Gasteiger partial charge in [-0.3, -0.25) is 4.90 Å². The molecule has 0 aromatic carbocycles. The molecule has 1 aliphatic heterocycles. The Labute approximate surface area is 158 Å². The van der Waals surface area contributed by atoms with Crippen LogP contribution in [0.5, 0.6) is 0 Å². The quantitative estimate of drug-likeness (QED) is 0.729. The molecule has 0 unspecified atom stereocenters. The Morgan fingerprint density at radius 2 is 2.00 bits per heavy atom. The smallest absolute Gasteiger partial charge is 0.417 e. The van der Waals surface area contributed by atoms with Gasteiger partial charge in [0.05, 0.1) is 24.2 Å². The van der Waals surface area contributed by atoms with Crippen molar-refractivity contribution in [3.63, 3.8) is 0 Å². The highest BCUT2D eigenvalue weighted by atomic mass is 35.5.